The number of amides is 1. The lowest BCUT2D eigenvalue weighted by atomic mass is 10.0. The van der Waals surface area contributed by atoms with Gasteiger partial charge in [-0.25, -0.2) is 4.98 Å². The predicted octanol–water partition coefficient (Wildman–Crippen LogP) is 5.81. The molecule has 4 nitrogen and oxygen atoms in total. The van der Waals surface area contributed by atoms with E-state index in [1.807, 2.05) is 66.7 Å². The Morgan fingerprint density at radius 3 is 2.55 bits per heavy atom. The highest BCUT2D eigenvalue weighted by Crippen LogP contribution is 2.34. The van der Waals surface area contributed by atoms with Gasteiger partial charge in [-0.15, -0.1) is 0 Å². The van der Waals surface area contributed by atoms with Crippen LogP contribution in [0.15, 0.2) is 89.3 Å². The molecule has 1 aliphatic rings. The zero-order chi connectivity index (χ0) is 19.4. The molecule has 4 heteroatoms. The van der Waals surface area contributed by atoms with E-state index in [4.69, 9.17) is 9.40 Å². The number of carbonyl (C=O) groups excluding carboxylic acids is 1. The zero-order valence-electron chi connectivity index (χ0n) is 15.5. The first-order valence-electron chi connectivity index (χ1n) is 9.56. The highest BCUT2D eigenvalue weighted by Gasteiger charge is 2.28. The normalized spacial score (nSPS) is 13.4. The molecule has 5 aromatic rings. The van der Waals surface area contributed by atoms with Crippen molar-refractivity contribution >= 4 is 33.5 Å². The van der Waals surface area contributed by atoms with Crippen molar-refractivity contribution in [1.82, 2.24) is 4.98 Å². The molecule has 29 heavy (non-hydrogen) atoms. The van der Waals surface area contributed by atoms with Crippen LogP contribution in [-0.2, 0) is 6.54 Å². The molecule has 0 bridgehead atoms. The number of carbonyl (C=O) groups is 1. The highest BCUT2D eigenvalue weighted by atomic mass is 16.3. The fraction of sp³-hybridized carbons (Fsp3) is 0.0400. The van der Waals surface area contributed by atoms with Gasteiger partial charge >= 0.3 is 0 Å². The molecule has 2 heterocycles. The molecule has 0 spiro atoms. The van der Waals surface area contributed by atoms with Crippen molar-refractivity contribution < 1.29 is 9.21 Å². The van der Waals surface area contributed by atoms with E-state index < -0.39 is 0 Å². The molecule has 0 aliphatic carbocycles. The summed E-state index contributed by atoms with van der Waals surface area (Å²) >= 11 is 0. The van der Waals surface area contributed by atoms with Crippen LogP contribution >= 0.6 is 0 Å². The van der Waals surface area contributed by atoms with Crippen LogP contribution in [0.5, 0.6) is 0 Å². The topological polar surface area (TPSA) is 46.3 Å². The number of oxazole rings is 1. The van der Waals surface area contributed by atoms with E-state index in [9.17, 15) is 4.79 Å². The van der Waals surface area contributed by atoms with E-state index in [0.717, 1.165) is 38.7 Å². The van der Waals surface area contributed by atoms with Crippen LogP contribution < -0.4 is 4.90 Å². The van der Waals surface area contributed by atoms with Crippen molar-refractivity contribution in [3.8, 4) is 11.5 Å². The summed E-state index contributed by atoms with van der Waals surface area (Å²) in [5.74, 6) is 0.614. The van der Waals surface area contributed by atoms with Crippen molar-refractivity contribution in [2.45, 2.75) is 6.54 Å². The lowest BCUT2D eigenvalue weighted by Crippen LogP contribution is -2.22. The van der Waals surface area contributed by atoms with Gasteiger partial charge in [-0.3, -0.25) is 4.79 Å². The van der Waals surface area contributed by atoms with Gasteiger partial charge in [-0.1, -0.05) is 54.6 Å². The predicted molar refractivity (Wildman–Crippen MR) is 114 cm³/mol. The van der Waals surface area contributed by atoms with Gasteiger partial charge in [0.15, 0.2) is 5.58 Å². The third kappa shape index (κ3) is 2.46. The van der Waals surface area contributed by atoms with Crippen molar-refractivity contribution in [2.75, 3.05) is 4.90 Å². The molecule has 0 N–H and O–H groups in total. The Morgan fingerprint density at radius 2 is 1.62 bits per heavy atom. The largest absolute Gasteiger partial charge is 0.436 e. The second-order valence-electron chi connectivity index (χ2n) is 7.25. The van der Waals surface area contributed by atoms with Gasteiger partial charge in [0.05, 0.1) is 6.54 Å². The molecule has 0 saturated heterocycles. The van der Waals surface area contributed by atoms with Gasteiger partial charge in [0, 0.05) is 16.8 Å². The number of benzene rings is 4. The summed E-state index contributed by atoms with van der Waals surface area (Å²) in [4.78, 5) is 19.3. The zero-order valence-corrected chi connectivity index (χ0v) is 15.5. The fourth-order valence-electron chi connectivity index (χ4n) is 4.07. The second kappa shape index (κ2) is 6.04. The third-order valence-corrected chi connectivity index (χ3v) is 5.52. The second-order valence-corrected chi connectivity index (χ2v) is 7.25. The standard InChI is InChI=1S/C25H16N2O2/c28-25-20-10-4-2-7-17(20)15-27(25)18-12-13-23-22(14-18)26-24(29-23)21-11-5-8-16-6-1-3-9-19(16)21/h1-14H,15H2. The Bertz CT molecular complexity index is 1410. The first kappa shape index (κ1) is 16.1. The average molecular weight is 376 g/mol. The van der Waals surface area contributed by atoms with Gasteiger partial charge in [0.2, 0.25) is 5.89 Å². The Kier molecular flexibility index (Phi) is 3.35. The molecule has 0 atom stereocenters. The summed E-state index contributed by atoms with van der Waals surface area (Å²) in [5, 5.41) is 2.25. The molecule has 1 aromatic heterocycles. The number of rotatable bonds is 2. The number of nitrogens with zero attached hydrogens (tertiary/aromatic N) is 2. The van der Waals surface area contributed by atoms with Crippen LogP contribution in [0.3, 0.4) is 0 Å². The Morgan fingerprint density at radius 1 is 0.828 bits per heavy atom. The quantitative estimate of drug-likeness (QED) is 0.391. The summed E-state index contributed by atoms with van der Waals surface area (Å²) in [5.41, 5.74) is 5.07. The molecular weight excluding hydrogens is 360 g/mol. The maximum atomic E-state index is 12.8. The maximum absolute atomic E-state index is 12.8. The molecular formula is C25H16N2O2. The van der Waals surface area contributed by atoms with Crippen LogP contribution in [0, 0.1) is 0 Å². The van der Waals surface area contributed by atoms with Gasteiger partial charge in [0.1, 0.15) is 5.52 Å². The third-order valence-electron chi connectivity index (χ3n) is 5.52. The minimum absolute atomic E-state index is 0.0257. The molecule has 0 radical (unpaired) electrons. The van der Waals surface area contributed by atoms with Crippen molar-refractivity contribution in [3.05, 3.63) is 96.1 Å². The van der Waals surface area contributed by atoms with E-state index in [-0.39, 0.29) is 5.91 Å². The molecule has 1 amide bonds. The van der Waals surface area contributed by atoms with Crippen LogP contribution in [0.25, 0.3) is 33.3 Å². The number of fused-ring (bicyclic) bond motifs is 3. The number of hydrogen-bond acceptors (Lipinski definition) is 3. The lowest BCUT2D eigenvalue weighted by molar-refractivity contribution is 0.0996. The first-order chi connectivity index (χ1) is 14.3. The molecule has 0 unspecified atom stereocenters. The lowest BCUT2D eigenvalue weighted by Gasteiger charge is -2.15. The number of hydrogen-bond donors (Lipinski definition) is 0. The van der Waals surface area contributed by atoms with Gasteiger partial charge in [0.25, 0.3) is 5.91 Å². The summed E-state index contributed by atoms with van der Waals surface area (Å²) in [6, 6.07) is 27.8. The average Bonchev–Trinajstić information content (AvgIpc) is 3.34. The molecule has 138 valence electrons. The van der Waals surface area contributed by atoms with Crippen LogP contribution in [-0.4, -0.2) is 10.9 Å². The van der Waals surface area contributed by atoms with E-state index in [1.54, 1.807) is 4.90 Å². The summed E-state index contributed by atoms with van der Waals surface area (Å²) in [6.45, 7) is 0.578. The van der Waals surface area contributed by atoms with E-state index >= 15 is 0 Å². The van der Waals surface area contributed by atoms with Crippen LogP contribution in [0.1, 0.15) is 15.9 Å². The van der Waals surface area contributed by atoms with Gasteiger partial charge in [-0.2, -0.15) is 0 Å². The van der Waals surface area contributed by atoms with E-state index in [1.165, 1.54) is 0 Å². The molecule has 1 aliphatic heterocycles. The van der Waals surface area contributed by atoms with Crippen molar-refractivity contribution in [2.24, 2.45) is 0 Å². The van der Waals surface area contributed by atoms with Gasteiger partial charge in [-0.05, 0) is 46.7 Å². The van der Waals surface area contributed by atoms with Crippen molar-refractivity contribution in [3.63, 3.8) is 0 Å². The molecule has 4 aromatic carbocycles. The minimum Gasteiger partial charge on any atom is -0.436 e. The summed E-state index contributed by atoms with van der Waals surface area (Å²) in [6.07, 6.45) is 0. The van der Waals surface area contributed by atoms with Gasteiger partial charge < -0.3 is 9.32 Å². The molecule has 6 rings (SSSR count). The number of anilines is 1. The Balaban J connectivity index is 1.44. The maximum Gasteiger partial charge on any atom is 0.258 e. The van der Waals surface area contributed by atoms with Crippen LogP contribution in [0.4, 0.5) is 5.69 Å². The van der Waals surface area contributed by atoms with Crippen molar-refractivity contribution in [1.29, 1.82) is 0 Å². The Labute approximate surface area is 167 Å². The monoisotopic (exact) mass is 376 g/mol. The molecule has 0 saturated carbocycles. The van der Waals surface area contributed by atoms with E-state index in [2.05, 4.69) is 18.2 Å². The SMILES string of the molecule is O=C1c2ccccc2CN1c1ccc2oc(-c3cccc4ccccc34)nc2c1. The van der Waals surface area contributed by atoms with Crippen LogP contribution in [0.2, 0.25) is 0 Å². The highest BCUT2D eigenvalue weighted by molar-refractivity contribution is 6.10. The molecule has 0 fully saturated rings. The summed E-state index contributed by atoms with van der Waals surface area (Å²) in [7, 11) is 0. The van der Waals surface area contributed by atoms with E-state index in [0.29, 0.717) is 18.0 Å². The summed E-state index contributed by atoms with van der Waals surface area (Å²) < 4.78 is 6.05. The first-order valence-corrected chi connectivity index (χ1v) is 9.56. The minimum atomic E-state index is 0.0257. The smallest absolute Gasteiger partial charge is 0.258 e. The number of aromatic nitrogens is 1. The Hall–Kier alpha value is -3.92. The fourth-order valence-corrected chi connectivity index (χ4v) is 4.07.